The van der Waals surface area contributed by atoms with Crippen molar-refractivity contribution < 1.29 is 8.42 Å². The molecule has 0 amide bonds. The summed E-state index contributed by atoms with van der Waals surface area (Å²) in [6, 6.07) is 5.19. The Balaban J connectivity index is 2.88. The van der Waals surface area contributed by atoms with Gasteiger partial charge in [0.2, 0.25) is 10.0 Å². The summed E-state index contributed by atoms with van der Waals surface area (Å²) in [7, 11) is -3.45. The molecule has 0 spiro atoms. The van der Waals surface area contributed by atoms with Gasteiger partial charge in [-0.2, -0.15) is 0 Å². The van der Waals surface area contributed by atoms with Crippen molar-refractivity contribution in [3.63, 3.8) is 0 Å². The van der Waals surface area contributed by atoms with E-state index in [1.165, 1.54) is 0 Å². The number of nitrogens with one attached hydrogen (secondary N) is 2. The maximum absolute atomic E-state index is 12.1. The van der Waals surface area contributed by atoms with E-state index >= 15 is 0 Å². The molecular formula is C13H21BrN2O2S. The Bertz CT molecular complexity index is 515. The van der Waals surface area contributed by atoms with Crippen molar-refractivity contribution in [1.29, 1.82) is 0 Å². The highest BCUT2D eigenvalue weighted by atomic mass is 79.9. The lowest BCUT2D eigenvalue weighted by Gasteiger charge is -2.12. The molecule has 1 aromatic carbocycles. The highest BCUT2D eigenvalue weighted by Gasteiger charge is 2.18. The molecule has 0 aliphatic carbocycles. The molecule has 6 heteroatoms. The second-order valence-corrected chi connectivity index (χ2v) is 7.25. The van der Waals surface area contributed by atoms with Gasteiger partial charge in [0.25, 0.3) is 0 Å². The van der Waals surface area contributed by atoms with Gasteiger partial charge in [-0.3, -0.25) is 0 Å². The van der Waals surface area contributed by atoms with Crippen LogP contribution in [0.3, 0.4) is 0 Å². The first-order valence-corrected chi connectivity index (χ1v) is 8.66. The van der Waals surface area contributed by atoms with Crippen LogP contribution in [0.25, 0.3) is 0 Å². The van der Waals surface area contributed by atoms with E-state index < -0.39 is 10.0 Å². The number of hydrogen-bond donors (Lipinski definition) is 2. The predicted molar refractivity (Wildman–Crippen MR) is 81.6 cm³/mol. The van der Waals surface area contributed by atoms with E-state index in [0.29, 0.717) is 4.47 Å². The molecule has 0 bridgehead atoms. The molecule has 108 valence electrons. The molecule has 1 rings (SSSR count). The maximum atomic E-state index is 12.1. The number of hydrogen-bond acceptors (Lipinski definition) is 3. The maximum Gasteiger partial charge on any atom is 0.241 e. The summed E-state index contributed by atoms with van der Waals surface area (Å²) in [5.74, 6) is 0. The lowest BCUT2D eigenvalue weighted by atomic mass is 10.2. The fourth-order valence-corrected chi connectivity index (χ4v) is 4.03. The molecule has 0 unspecified atom stereocenters. The van der Waals surface area contributed by atoms with Crippen LogP contribution in [0.5, 0.6) is 0 Å². The number of halogens is 1. The van der Waals surface area contributed by atoms with E-state index in [2.05, 4.69) is 32.9 Å². The third-order valence-corrected chi connectivity index (χ3v) is 5.07. The molecule has 0 aromatic heterocycles. The average molecular weight is 349 g/mol. The Labute approximate surface area is 124 Å². The molecule has 19 heavy (non-hydrogen) atoms. The molecule has 0 saturated carbocycles. The molecule has 0 saturated heterocycles. The molecule has 2 N–H and O–H groups in total. The summed E-state index contributed by atoms with van der Waals surface area (Å²) >= 11 is 3.33. The zero-order valence-electron chi connectivity index (χ0n) is 11.5. The summed E-state index contributed by atoms with van der Waals surface area (Å²) in [6.45, 7) is 7.40. The Hall–Kier alpha value is -0.430. The van der Waals surface area contributed by atoms with Gasteiger partial charge in [-0.25, -0.2) is 13.1 Å². The summed E-state index contributed by atoms with van der Waals surface area (Å²) in [5, 5.41) is 3.28. The molecule has 0 heterocycles. The van der Waals surface area contributed by atoms with E-state index in [1.54, 1.807) is 19.9 Å². The molecule has 0 atom stereocenters. The van der Waals surface area contributed by atoms with E-state index in [-0.39, 0.29) is 10.9 Å². The highest BCUT2D eigenvalue weighted by Crippen LogP contribution is 2.23. The van der Waals surface area contributed by atoms with E-state index in [4.69, 9.17) is 0 Å². The minimum absolute atomic E-state index is 0.122. The number of rotatable bonds is 7. The van der Waals surface area contributed by atoms with Gasteiger partial charge in [0.1, 0.15) is 0 Å². The van der Waals surface area contributed by atoms with Gasteiger partial charge in [-0.05, 0) is 60.4 Å². The van der Waals surface area contributed by atoms with Crippen molar-refractivity contribution in [2.75, 3.05) is 6.54 Å². The second kappa shape index (κ2) is 7.38. The van der Waals surface area contributed by atoms with Gasteiger partial charge in [0.05, 0.1) is 4.90 Å². The molecular weight excluding hydrogens is 328 g/mol. The van der Waals surface area contributed by atoms with Crippen LogP contribution in [-0.4, -0.2) is 21.0 Å². The van der Waals surface area contributed by atoms with Crippen LogP contribution in [0, 0.1) is 0 Å². The number of sulfonamides is 1. The topological polar surface area (TPSA) is 58.2 Å². The van der Waals surface area contributed by atoms with Crippen LogP contribution in [0.15, 0.2) is 27.6 Å². The van der Waals surface area contributed by atoms with Crippen LogP contribution in [-0.2, 0) is 16.6 Å². The Kier molecular flexibility index (Phi) is 6.46. The van der Waals surface area contributed by atoms with E-state index in [9.17, 15) is 8.42 Å². The van der Waals surface area contributed by atoms with E-state index in [1.807, 2.05) is 12.1 Å². The molecule has 0 aliphatic rings. The molecule has 0 radical (unpaired) electrons. The molecule has 4 nitrogen and oxygen atoms in total. The van der Waals surface area contributed by atoms with Gasteiger partial charge in [-0.15, -0.1) is 0 Å². The quantitative estimate of drug-likeness (QED) is 0.744. The molecule has 0 aliphatic heterocycles. The molecule has 0 fully saturated rings. The Morgan fingerprint density at radius 3 is 2.53 bits per heavy atom. The minimum atomic E-state index is -3.45. The van der Waals surface area contributed by atoms with Crippen molar-refractivity contribution in [3.8, 4) is 0 Å². The Morgan fingerprint density at radius 2 is 2.00 bits per heavy atom. The lowest BCUT2D eigenvalue weighted by Crippen LogP contribution is -2.30. The van der Waals surface area contributed by atoms with E-state index in [0.717, 1.165) is 25.1 Å². The first-order chi connectivity index (χ1) is 8.86. The van der Waals surface area contributed by atoms with Gasteiger partial charge >= 0.3 is 0 Å². The average Bonchev–Trinajstić information content (AvgIpc) is 2.27. The predicted octanol–water partition coefficient (Wildman–Crippen LogP) is 2.64. The van der Waals surface area contributed by atoms with Crippen LogP contribution in [0.4, 0.5) is 0 Å². The van der Waals surface area contributed by atoms with Crippen LogP contribution >= 0.6 is 15.9 Å². The van der Waals surface area contributed by atoms with Crippen molar-refractivity contribution in [2.24, 2.45) is 0 Å². The lowest BCUT2D eigenvalue weighted by molar-refractivity contribution is 0.569. The highest BCUT2D eigenvalue weighted by molar-refractivity contribution is 9.10. The summed E-state index contributed by atoms with van der Waals surface area (Å²) in [4.78, 5) is 0.278. The Morgan fingerprint density at radius 1 is 1.32 bits per heavy atom. The fraction of sp³-hybridized carbons (Fsp3) is 0.538. The zero-order valence-corrected chi connectivity index (χ0v) is 13.9. The van der Waals surface area contributed by atoms with Crippen LogP contribution < -0.4 is 10.0 Å². The first kappa shape index (κ1) is 16.6. The van der Waals surface area contributed by atoms with Crippen molar-refractivity contribution in [1.82, 2.24) is 10.0 Å². The standard InChI is InChI=1S/C13H21BrN2O2S/c1-4-7-15-9-11-5-6-13(12(14)8-11)19(17,18)16-10(2)3/h5-6,8,10,15-16H,4,7,9H2,1-3H3. The largest absolute Gasteiger partial charge is 0.313 e. The molecule has 1 aromatic rings. The third kappa shape index (κ3) is 5.22. The van der Waals surface area contributed by atoms with Crippen molar-refractivity contribution >= 4 is 26.0 Å². The van der Waals surface area contributed by atoms with Gasteiger partial charge in [0.15, 0.2) is 0 Å². The third-order valence-electron chi connectivity index (χ3n) is 2.43. The first-order valence-electron chi connectivity index (χ1n) is 6.38. The van der Waals surface area contributed by atoms with Crippen molar-refractivity contribution in [2.45, 2.75) is 44.7 Å². The smallest absolute Gasteiger partial charge is 0.241 e. The monoisotopic (exact) mass is 348 g/mol. The van der Waals surface area contributed by atoms with Gasteiger partial charge in [0, 0.05) is 17.1 Å². The normalized spacial score (nSPS) is 12.1. The number of benzene rings is 1. The minimum Gasteiger partial charge on any atom is -0.313 e. The summed E-state index contributed by atoms with van der Waals surface area (Å²) in [5.41, 5.74) is 1.06. The summed E-state index contributed by atoms with van der Waals surface area (Å²) in [6.07, 6.45) is 1.08. The summed E-state index contributed by atoms with van der Waals surface area (Å²) < 4.78 is 27.3. The second-order valence-electron chi connectivity index (χ2n) is 4.72. The zero-order chi connectivity index (χ0) is 14.5. The van der Waals surface area contributed by atoms with Gasteiger partial charge in [-0.1, -0.05) is 13.0 Å². The fourth-order valence-electron chi connectivity index (χ4n) is 1.66. The SMILES string of the molecule is CCCNCc1ccc(S(=O)(=O)NC(C)C)c(Br)c1. The van der Waals surface area contributed by atoms with Crippen LogP contribution in [0.1, 0.15) is 32.8 Å². The van der Waals surface area contributed by atoms with Crippen LogP contribution in [0.2, 0.25) is 0 Å². The van der Waals surface area contributed by atoms with Gasteiger partial charge < -0.3 is 5.32 Å². The van der Waals surface area contributed by atoms with Crippen molar-refractivity contribution in [3.05, 3.63) is 28.2 Å².